The third kappa shape index (κ3) is 4.43. The summed E-state index contributed by atoms with van der Waals surface area (Å²) < 4.78 is 10.7. The predicted molar refractivity (Wildman–Crippen MR) is 93.2 cm³/mol. The molecule has 1 aromatic carbocycles. The number of nitrogens with one attached hydrogen (secondary N) is 1. The molecule has 0 saturated carbocycles. The van der Waals surface area contributed by atoms with Crippen molar-refractivity contribution < 1.29 is 13.7 Å². The van der Waals surface area contributed by atoms with Crippen LogP contribution in [-0.4, -0.2) is 21.0 Å². The van der Waals surface area contributed by atoms with Gasteiger partial charge in [0.1, 0.15) is 5.52 Å². The van der Waals surface area contributed by atoms with E-state index in [2.05, 4.69) is 27.4 Å². The van der Waals surface area contributed by atoms with Gasteiger partial charge in [-0.3, -0.25) is 4.79 Å². The van der Waals surface area contributed by atoms with Gasteiger partial charge < -0.3 is 14.3 Å². The minimum atomic E-state index is -0.0492. The highest BCUT2D eigenvalue weighted by Gasteiger charge is 2.09. The first-order chi connectivity index (χ1) is 12.2. The molecule has 0 saturated heterocycles. The third-order valence-corrected chi connectivity index (χ3v) is 3.80. The summed E-state index contributed by atoms with van der Waals surface area (Å²) in [6.07, 6.45) is 4.19. The molecule has 0 aliphatic heterocycles. The van der Waals surface area contributed by atoms with E-state index in [1.165, 1.54) is 0 Å². The fourth-order valence-corrected chi connectivity index (χ4v) is 2.54. The smallest absolute Gasteiger partial charge is 0.226 e. The lowest BCUT2D eigenvalue weighted by Gasteiger charge is -2.04. The Bertz CT molecular complexity index is 853. The number of benzene rings is 1. The van der Waals surface area contributed by atoms with Crippen LogP contribution >= 0.6 is 0 Å². The van der Waals surface area contributed by atoms with Crippen LogP contribution in [0.5, 0.6) is 0 Å². The van der Waals surface area contributed by atoms with Gasteiger partial charge in [-0.2, -0.15) is 4.98 Å². The molecule has 7 nitrogen and oxygen atoms in total. The summed E-state index contributed by atoms with van der Waals surface area (Å²) in [6, 6.07) is 5.47. The van der Waals surface area contributed by atoms with Crippen molar-refractivity contribution in [1.29, 1.82) is 0 Å². The summed E-state index contributed by atoms with van der Waals surface area (Å²) in [4.78, 5) is 20.8. The first-order valence-electron chi connectivity index (χ1n) is 8.68. The van der Waals surface area contributed by atoms with Crippen molar-refractivity contribution in [3.05, 3.63) is 35.8 Å². The molecule has 2 heterocycles. The maximum Gasteiger partial charge on any atom is 0.226 e. The quantitative estimate of drug-likeness (QED) is 0.671. The van der Waals surface area contributed by atoms with Crippen LogP contribution in [0.15, 0.2) is 27.1 Å². The molecular weight excluding hydrogens is 320 g/mol. The van der Waals surface area contributed by atoms with E-state index in [1.54, 1.807) is 0 Å². The summed E-state index contributed by atoms with van der Waals surface area (Å²) in [7, 11) is 0. The molecule has 1 amide bonds. The Kier molecular flexibility index (Phi) is 5.42. The van der Waals surface area contributed by atoms with Crippen LogP contribution in [0.25, 0.3) is 11.1 Å². The van der Waals surface area contributed by atoms with Crippen molar-refractivity contribution in [3.63, 3.8) is 0 Å². The number of oxazole rings is 1. The Morgan fingerprint density at radius 1 is 1.16 bits per heavy atom. The maximum absolute atomic E-state index is 12.1. The van der Waals surface area contributed by atoms with E-state index < -0.39 is 0 Å². The lowest BCUT2D eigenvalue weighted by atomic mass is 10.2. The van der Waals surface area contributed by atoms with Gasteiger partial charge in [0.25, 0.3) is 0 Å². The number of hydrogen-bond acceptors (Lipinski definition) is 6. The number of fused-ring (bicyclic) bond motifs is 1. The molecule has 0 atom stereocenters. The van der Waals surface area contributed by atoms with Crippen molar-refractivity contribution in [1.82, 2.24) is 15.1 Å². The Labute approximate surface area is 145 Å². The standard InChI is InChI=1S/C18H22N4O3/c1-3-6-15-21-18(25-22-15)8-5-7-16(23)19-12-9-10-14-13(11-12)20-17(4-2)24-14/h9-11H,3-8H2,1-2H3,(H,19,23). The molecule has 132 valence electrons. The zero-order valence-corrected chi connectivity index (χ0v) is 14.5. The van der Waals surface area contributed by atoms with Crippen LogP contribution in [0.4, 0.5) is 5.69 Å². The topological polar surface area (TPSA) is 94.1 Å². The van der Waals surface area contributed by atoms with E-state index in [9.17, 15) is 4.79 Å². The van der Waals surface area contributed by atoms with Crippen LogP contribution in [0.3, 0.4) is 0 Å². The molecule has 1 N–H and O–H groups in total. The van der Waals surface area contributed by atoms with Gasteiger partial charge in [-0.1, -0.05) is 19.0 Å². The van der Waals surface area contributed by atoms with Gasteiger partial charge in [0.15, 0.2) is 17.3 Å². The van der Waals surface area contributed by atoms with Crippen LogP contribution in [-0.2, 0) is 24.1 Å². The molecule has 0 fully saturated rings. The van der Waals surface area contributed by atoms with Crippen molar-refractivity contribution in [3.8, 4) is 0 Å². The Morgan fingerprint density at radius 3 is 2.84 bits per heavy atom. The molecule has 25 heavy (non-hydrogen) atoms. The SMILES string of the molecule is CCCc1noc(CCCC(=O)Nc2ccc3oc(CC)nc3c2)n1. The second-order valence-electron chi connectivity index (χ2n) is 5.90. The molecule has 7 heteroatoms. The molecule has 0 spiro atoms. The molecule has 3 aromatic rings. The Balaban J connectivity index is 1.50. The number of rotatable bonds is 8. The van der Waals surface area contributed by atoms with Crippen LogP contribution < -0.4 is 5.32 Å². The van der Waals surface area contributed by atoms with Gasteiger partial charge in [0.05, 0.1) is 0 Å². The zero-order valence-electron chi connectivity index (χ0n) is 14.5. The van der Waals surface area contributed by atoms with E-state index in [-0.39, 0.29) is 5.91 Å². The number of carbonyl (C=O) groups is 1. The zero-order chi connectivity index (χ0) is 17.6. The molecule has 0 aliphatic carbocycles. The molecule has 3 rings (SSSR count). The van der Waals surface area contributed by atoms with Gasteiger partial charge in [-0.25, -0.2) is 4.98 Å². The fourth-order valence-electron chi connectivity index (χ4n) is 2.54. The number of nitrogens with zero attached hydrogens (tertiary/aromatic N) is 3. The minimum absolute atomic E-state index is 0.0492. The van der Waals surface area contributed by atoms with E-state index in [0.29, 0.717) is 31.0 Å². The number of aromatic nitrogens is 3. The molecule has 0 bridgehead atoms. The number of anilines is 1. The number of hydrogen-bond donors (Lipinski definition) is 1. The molecule has 0 unspecified atom stereocenters. The Hall–Kier alpha value is -2.70. The average molecular weight is 342 g/mol. The summed E-state index contributed by atoms with van der Waals surface area (Å²) >= 11 is 0. The largest absolute Gasteiger partial charge is 0.441 e. The first-order valence-corrected chi connectivity index (χ1v) is 8.68. The molecule has 2 aromatic heterocycles. The minimum Gasteiger partial charge on any atom is -0.441 e. The lowest BCUT2D eigenvalue weighted by molar-refractivity contribution is -0.116. The van der Waals surface area contributed by atoms with Gasteiger partial charge >= 0.3 is 0 Å². The van der Waals surface area contributed by atoms with Gasteiger partial charge in [0.2, 0.25) is 11.8 Å². The summed E-state index contributed by atoms with van der Waals surface area (Å²) in [5, 5.41) is 6.79. The maximum atomic E-state index is 12.1. The molecule has 0 aliphatic rings. The van der Waals surface area contributed by atoms with Gasteiger partial charge in [-0.05, 0) is 31.0 Å². The Morgan fingerprint density at radius 2 is 2.04 bits per heavy atom. The normalized spacial score (nSPS) is 11.1. The second kappa shape index (κ2) is 7.92. The highest BCUT2D eigenvalue weighted by Crippen LogP contribution is 2.20. The fraction of sp³-hybridized carbons (Fsp3) is 0.444. The molecular formula is C18H22N4O3. The average Bonchev–Trinajstić information content (AvgIpc) is 3.21. The van der Waals surface area contributed by atoms with E-state index >= 15 is 0 Å². The number of carbonyl (C=O) groups excluding carboxylic acids is 1. The summed E-state index contributed by atoms with van der Waals surface area (Å²) in [6.45, 7) is 4.06. The third-order valence-electron chi connectivity index (χ3n) is 3.80. The molecule has 0 radical (unpaired) electrons. The van der Waals surface area contributed by atoms with Crippen molar-refractivity contribution in [2.75, 3.05) is 5.32 Å². The highest BCUT2D eigenvalue weighted by atomic mass is 16.5. The first kappa shape index (κ1) is 17.1. The van der Waals surface area contributed by atoms with Gasteiger partial charge in [0, 0.05) is 31.4 Å². The van der Waals surface area contributed by atoms with Crippen molar-refractivity contribution in [2.24, 2.45) is 0 Å². The van der Waals surface area contributed by atoms with Gasteiger partial charge in [-0.15, -0.1) is 0 Å². The van der Waals surface area contributed by atoms with Crippen LogP contribution in [0, 0.1) is 0 Å². The van der Waals surface area contributed by atoms with E-state index in [4.69, 9.17) is 8.94 Å². The summed E-state index contributed by atoms with van der Waals surface area (Å²) in [5.41, 5.74) is 2.20. The van der Waals surface area contributed by atoms with E-state index in [0.717, 1.165) is 41.9 Å². The van der Waals surface area contributed by atoms with Crippen LogP contribution in [0.1, 0.15) is 50.7 Å². The van der Waals surface area contributed by atoms with Crippen LogP contribution in [0.2, 0.25) is 0 Å². The number of aryl methyl sites for hydroxylation is 3. The van der Waals surface area contributed by atoms with Crippen molar-refractivity contribution in [2.45, 2.75) is 52.4 Å². The second-order valence-corrected chi connectivity index (χ2v) is 5.90. The van der Waals surface area contributed by atoms with Crippen molar-refractivity contribution >= 4 is 22.7 Å². The monoisotopic (exact) mass is 342 g/mol. The lowest BCUT2D eigenvalue weighted by Crippen LogP contribution is -2.11. The summed E-state index contributed by atoms with van der Waals surface area (Å²) in [5.74, 6) is 1.97. The number of amides is 1. The van der Waals surface area contributed by atoms with E-state index in [1.807, 2.05) is 25.1 Å². The predicted octanol–water partition coefficient (Wildman–Crippen LogP) is 3.69. The highest BCUT2D eigenvalue weighted by molar-refractivity contribution is 5.92.